The van der Waals surface area contributed by atoms with Gasteiger partial charge >= 0.3 is 13.8 Å². The lowest BCUT2D eigenvalue weighted by atomic mass is 10.1. The topological polar surface area (TPSA) is 128 Å². The van der Waals surface area contributed by atoms with E-state index >= 15 is 0 Å². The van der Waals surface area contributed by atoms with Crippen molar-refractivity contribution >= 4 is 13.8 Å². The Labute approximate surface area is 205 Å². The lowest BCUT2D eigenvalue weighted by Crippen LogP contribution is -2.27. The zero-order valence-electron chi connectivity index (χ0n) is 20.6. The zero-order chi connectivity index (χ0) is 25.3. The van der Waals surface area contributed by atoms with Gasteiger partial charge < -0.3 is 20.5 Å². The maximum atomic E-state index is 11.9. The SMILES string of the molecule is CCC=CCC=CCC=CCC=CCCCCCCC(=O)OC(CO)COP(=O)(O)OCCN. The summed E-state index contributed by atoms with van der Waals surface area (Å²) in [5.41, 5.74) is 5.19. The zero-order valence-corrected chi connectivity index (χ0v) is 21.5. The number of phosphoric ester groups is 1. The van der Waals surface area contributed by atoms with Gasteiger partial charge in [0.15, 0.2) is 0 Å². The van der Waals surface area contributed by atoms with E-state index in [4.69, 9.17) is 15.0 Å². The van der Waals surface area contributed by atoms with Gasteiger partial charge in [0.2, 0.25) is 0 Å². The summed E-state index contributed by atoms with van der Waals surface area (Å²) in [6.07, 6.45) is 25.3. The van der Waals surface area contributed by atoms with Crippen LogP contribution in [0.2, 0.25) is 0 Å². The number of allylic oxidation sites excluding steroid dienone is 8. The molecule has 0 aliphatic heterocycles. The molecule has 0 amide bonds. The maximum Gasteiger partial charge on any atom is 0.472 e. The van der Waals surface area contributed by atoms with E-state index in [1.807, 2.05) is 0 Å². The number of unbranched alkanes of at least 4 members (excludes halogenated alkanes) is 4. The number of esters is 1. The minimum atomic E-state index is -4.27. The smallest absolute Gasteiger partial charge is 0.457 e. The number of carbonyl (C=O) groups excluding carboxylic acids is 1. The lowest BCUT2D eigenvalue weighted by Gasteiger charge is -2.17. The van der Waals surface area contributed by atoms with Crippen LogP contribution < -0.4 is 5.73 Å². The molecule has 0 fully saturated rings. The third-order valence-corrected chi connectivity index (χ3v) is 5.50. The Morgan fingerprint density at radius 2 is 1.50 bits per heavy atom. The highest BCUT2D eigenvalue weighted by Crippen LogP contribution is 2.42. The van der Waals surface area contributed by atoms with Gasteiger partial charge in [0.25, 0.3) is 0 Å². The summed E-state index contributed by atoms with van der Waals surface area (Å²) < 4.78 is 25.9. The Bertz CT molecular complexity index is 662. The second-order valence-electron chi connectivity index (χ2n) is 7.63. The van der Waals surface area contributed by atoms with Crippen LogP contribution in [0.3, 0.4) is 0 Å². The second kappa shape index (κ2) is 23.2. The molecule has 0 aliphatic rings. The fourth-order valence-electron chi connectivity index (χ4n) is 2.73. The van der Waals surface area contributed by atoms with E-state index in [1.54, 1.807) is 0 Å². The van der Waals surface area contributed by atoms with Gasteiger partial charge in [0.1, 0.15) is 6.10 Å². The second-order valence-corrected chi connectivity index (χ2v) is 9.09. The molecule has 9 heteroatoms. The highest BCUT2D eigenvalue weighted by molar-refractivity contribution is 7.47. The Morgan fingerprint density at radius 1 is 0.912 bits per heavy atom. The van der Waals surface area contributed by atoms with E-state index in [9.17, 15) is 19.4 Å². The molecular weight excluding hydrogens is 457 g/mol. The molecule has 0 saturated carbocycles. The van der Waals surface area contributed by atoms with Crippen LogP contribution in [0, 0.1) is 0 Å². The van der Waals surface area contributed by atoms with Gasteiger partial charge in [-0.2, -0.15) is 0 Å². The average Bonchev–Trinajstić information content (AvgIpc) is 2.82. The number of carbonyl (C=O) groups is 1. The highest BCUT2D eigenvalue weighted by atomic mass is 31.2. The number of aliphatic hydroxyl groups excluding tert-OH is 1. The van der Waals surface area contributed by atoms with Crippen molar-refractivity contribution in [2.24, 2.45) is 5.73 Å². The molecule has 2 unspecified atom stereocenters. The minimum Gasteiger partial charge on any atom is -0.457 e. The van der Waals surface area contributed by atoms with E-state index in [-0.39, 0.29) is 19.6 Å². The Morgan fingerprint density at radius 3 is 2.09 bits per heavy atom. The Balaban J connectivity index is 3.74. The molecule has 2 atom stereocenters. The number of ether oxygens (including phenoxy) is 1. The van der Waals surface area contributed by atoms with Crippen molar-refractivity contribution in [2.75, 3.05) is 26.4 Å². The normalized spacial score (nSPS) is 15.1. The first-order valence-corrected chi connectivity index (χ1v) is 13.7. The highest BCUT2D eigenvalue weighted by Gasteiger charge is 2.24. The first kappa shape index (κ1) is 32.5. The third kappa shape index (κ3) is 22.3. The van der Waals surface area contributed by atoms with Crippen LogP contribution in [0.25, 0.3) is 0 Å². The Hall–Kier alpha value is -1.54. The molecule has 0 aromatic carbocycles. The number of phosphoric acid groups is 1. The van der Waals surface area contributed by atoms with Gasteiger partial charge in [0.05, 0.1) is 19.8 Å². The largest absolute Gasteiger partial charge is 0.472 e. The van der Waals surface area contributed by atoms with E-state index in [1.165, 1.54) is 0 Å². The minimum absolute atomic E-state index is 0.0652. The van der Waals surface area contributed by atoms with Crippen LogP contribution >= 0.6 is 7.82 Å². The molecule has 0 bridgehead atoms. The molecule has 196 valence electrons. The van der Waals surface area contributed by atoms with Gasteiger partial charge in [0, 0.05) is 13.0 Å². The van der Waals surface area contributed by atoms with E-state index in [0.29, 0.717) is 6.42 Å². The molecule has 0 aliphatic carbocycles. The first-order chi connectivity index (χ1) is 16.4. The van der Waals surface area contributed by atoms with Crippen molar-refractivity contribution in [1.29, 1.82) is 0 Å². The molecule has 0 radical (unpaired) electrons. The molecule has 8 nitrogen and oxygen atoms in total. The van der Waals surface area contributed by atoms with Crippen molar-refractivity contribution in [2.45, 2.75) is 77.2 Å². The van der Waals surface area contributed by atoms with Crippen LogP contribution in [0.1, 0.15) is 71.1 Å². The van der Waals surface area contributed by atoms with Crippen molar-refractivity contribution < 1.29 is 33.1 Å². The van der Waals surface area contributed by atoms with Crippen LogP contribution in [0.4, 0.5) is 0 Å². The summed E-state index contributed by atoms with van der Waals surface area (Å²) in [4.78, 5) is 21.3. The van der Waals surface area contributed by atoms with Gasteiger partial charge in [-0.15, -0.1) is 0 Å². The molecule has 0 rings (SSSR count). The summed E-state index contributed by atoms with van der Waals surface area (Å²) in [6.45, 7) is 1.11. The number of nitrogens with two attached hydrogens (primary N) is 1. The number of hydrogen-bond donors (Lipinski definition) is 3. The van der Waals surface area contributed by atoms with Crippen molar-refractivity contribution in [3.05, 3.63) is 48.6 Å². The van der Waals surface area contributed by atoms with Crippen molar-refractivity contribution in [3.8, 4) is 0 Å². The van der Waals surface area contributed by atoms with E-state index in [2.05, 4.69) is 60.1 Å². The molecular formula is C25H44NO7P. The number of hydrogen-bond acceptors (Lipinski definition) is 7. The standard InChI is InChI=1S/C25H44NO7P/c1-2-3-4-5-6-7-8-9-10-11-12-13-14-15-16-17-18-19-25(28)33-24(22-27)23-32-34(29,30)31-21-20-26/h3-4,6-7,9-10,12-13,24,27H,2,5,8,11,14-23,26H2,1H3,(H,29,30). The monoisotopic (exact) mass is 501 g/mol. The summed E-state index contributed by atoms with van der Waals surface area (Å²) in [6, 6.07) is 0. The fourth-order valence-corrected chi connectivity index (χ4v) is 3.50. The Kier molecular flexibility index (Phi) is 22.2. The van der Waals surface area contributed by atoms with Gasteiger partial charge in [-0.25, -0.2) is 4.57 Å². The summed E-state index contributed by atoms with van der Waals surface area (Å²) in [5.74, 6) is -0.475. The summed E-state index contributed by atoms with van der Waals surface area (Å²) in [5, 5.41) is 9.26. The third-order valence-electron chi connectivity index (χ3n) is 4.52. The molecule has 0 spiro atoms. The van der Waals surface area contributed by atoms with Crippen molar-refractivity contribution in [3.63, 3.8) is 0 Å². The molecule has 0 heterocycles. The molecule has 0 saturated heterocycles. The van der Waals surface area contributed by atoms with Crippen LogP contribution in [-0.4, -0.2) is 48.4 Å². The van der Waals surface area contributed by atoms with Gasteiger partial charge in [-0.05, 0) is 44.9 Å². The predicted octanol–water partition coefficient (Wildman–Crippen LogP) is 5.13. The van der Waals surface area contributed by atoms with Crippen LogP contribution in [0.5, 0.6) is 0 Å². The van der Waals surface area contributed by atoms with Gasteiger partial charge in [-0.1, -0.05) is 68.4 Å². The van der Waals surface area contributed by atoms with E-state index in [0.717, 1.165) is 51.4 Å². The number of rotatable bonds is 22. The molecule has 4 N–H and O–H groups in total. The quantitative estimate of drug-likeness (QED) is 0.0806. The molecule has 0 aromatic rings. The number of aliphatic hydroxyl groups is 1. The fraction of sp³-hybridized carbons (Fsp3) is 0.640. The molecule has 34 heavy (non-hydrogen) atoms. The summed E-state index contributed by atoms with van der Waals surface area (Å²) >= 11 is 0. The average molecular weight is 502 g/mol. The van der Waals surface area contributed by atoms with E-state index < -0.39 is 33.1 Å². The molecule has 0 aromatic heterocycles. The maximum absolute atomic E-state index is 11.9. The van der Waals surface area contributed by atoms with Gasteiger partial charge in [-0.3, -0.25) is 13.8 Å². The van der Waals surface area contributed by atoms with Crippen molar-refractivity contribution in [1.82, 2.24) is 0 Å². The predicted molar refractivity (Wildman–Crippen MR) is 136 cm³/mol. The lowest BCUT2D eigenvalue weighted by molar-refractivity contribution is -0.153. The summed E-state index contributed by atoms with van der Waals surface area (Å²) in [7, 11) is -4.27. The first-order valence-electron chi connectivity index (χ1n) is 12.2. The van der Waals surface area contributed by atoms with Crippen LogP contribution in [-0.2, 0) is 23.1 Å². The van der Waals surface area contributed by atoms with Crippen LogP contribution in [0.15, 0.2) is 48.6 Å².